The molecule has 1 atom stereocenters. The van der Waals surface area contributed by atoms with Crippen LogP contribution in [-0.4, -0.2) is 38.2 Å². The van der Waals surface area contributed by atoms with E-state index in [0.29, 0.717) is 0 Å². The van der Waals surface area contributed by atoms with E-state index < -0.39 is 6.10 Å². The van der Waals surface area contributed by atoms with Crippen molar-refractivity contribution in [3.8, 4) is 5.75 Å². The third-order valence-electron chi connectivity index (χ3n) is 2.86. The van der Waals surface area contributed by atoms with Crippen molar-refractivity contribution in [1.29, 1.82) is 0 Å². The van der Waals surface area contributed by atoms with Crippen LogP contribution >= 0.6 is 0 Å². The van der Waals surface area contributed by atoms with E-state index in [2.05, 4.69) is 28.7 Å². The molecular weight excluding hydrogens is 242 g/mol. The van der Waals surface area contributed by atoms with Gasteiger partial charge in [-0.25, -0.2) is 4.79 Å². The number of aryl methyl sites for hydroxylation is 1. The molecule has 0 aliphatic carbocycles. The minimum Gasteiger partial charge on any atom is -0.479 e. The number of carbonyl (C=O) groups is 1. The first-order valence-electron chi connectivity index (χ1n) is 6.49. The molecule has 4 nitrogen and oxygen atoms in total. The molecule has 1 rings (SSSR count). The van der Waals surface area contributed by atoms with Crippen molar-refractivity contribution in [2.45, 2.75) is 32.9 Å². The topological polar surface area (TPSA) is 38.8 Å². The number of benzene rings is 1. The van der Waals surface area contributed by atoms with Crippen molar-refractivity contribution in [1.82, 2.24) is 4.90 Å². The van der Waals surface area contributed by atoms with Gasteiger partial charge in [0.1, 0.15) is 5.75 Å². The zero-order valence-electron chi connectivity index (χ0n) is 12.4. The largest absolute Gasteiger partial charge is 0.479 e. The summed E-state index contributed by atoms with van der Waals surface area (Å²) in [7, 11) is 5.37. The average Bonchev–Trinajstić information content (AvgIpc) is 2.39. The van der Waals surface area contributed by atoms with Gasteiger partial charge in [-0.3, -0.25) is 0 Å². The Bertz CT molecular complexity index is 429. The van der Waals surface area contributed by atoms with Gasteiger partial charge in [-0.2, -0.15) is 0 Å². The Morgan fingerprint density at radius 2 is 2.05 bits per heavy atom. The molecule has 0 aliphatic rings. The number of hydrogen-bond donors (Lipinski definition) is 0. The van der Waals surface area contributed by atoms with E-state index in [-0.39, 0.29) is 5.97 Å². The maximum Gasteiger partial charge on any atom is 0.346 e. The molecular formula is C15H23NO3. The van der Waals surface area contributed by atoms with Crippen LogP contribution in [0.15, 0.2) is 18.2 Å². The summed E-state index contributed by atoms with van der Waals surface area (Å²) in [5.74, 6) is 0.392. The summed E-state index contributed by atoms with van der Waals surface area (Å²) in [6.45, 7) is 4.56. The van der Waals surface area contributed by atoms with Crippen LogP contribution in [0.4, 0.5) is 0 Å². The molecule has 1 aromatic carbocycles. The van der Waals surface area contributed by atoms with Gasteiger partial charge in [0.15, 0.2) is 6.10 Å². The summed E-state index contributed by atoms with van der Waals surface area (Å²) in [5, 5.41) is 0. The Balaban J connectivity index is 2.97. The van der Waals surface area contributed by atoms with Gasteiger partial charge in [0.25, 0.3) is 0 Å². The summed E-state index contributed by atoms with van der Waals surface area (Å²) in [5.41, 5.74) is 2.26. The van der Waals surface area contributed by atoms with Gasteiger partial charge in [0, 0.05) is 12.1 Å². The lowest BCUT2D eigenvalue weighted by atomic mass is 10.1. The maximum absolute atomic E-state index is 11.4. The molecule has 0 spiro atoms. The van der Waals surface area contributed by atoms with Crippen LogP contribution in [0.2, 0.25) is 0 Å². The van der Waals surface area contributed by atoms with Crippen LogP contribution in [0.3, 0.4) is 0 Å². The highest BCUT2D eigenvalue weighted by molar-refractivity contribution is 5.74. The minimum atomic E-state index is -0.599. The van der Waals surface area contributed by atoms with Crippen LogP contribution in [0.25, 0.3) is 0 Å². The van der Waals surface area contributed by atoms with Crippen LogP contribution in [0.5, 0.6) is 5.75 Å². The molecule has 0 saturated heterocycles. The van der Waals surface area contributed by atoms with E-state index in [0.717, 1.165) is 24.3 Å². The van der Waals surface area contributed by atoms with Gasteiger partial charge >= 0.3 is 5.97 Å². The Kier molecular flexibility index (Phi) is 5.83. The number of nitrogens with zero attached hydrogens (tertiary/aromatic N) is 1. The van der Waals surface area contributed by atoms with Crippen molar-refractivity contribution >= 4 is 5.97 Å². The van der Waals surface area contributed by atoms with E-state index in [9.17, 15) is 4.79 Å². The first-order valence-corrected chi connectivity index (χ1v) is 6.49. The highest BCUT2D eigenvalue weighted by Gasteiger charge is 2.17. The van der Waals surface area contributed by atoms with E-state index in [1.54, 1.807) is 6.92 Å². The summed E-state index contributed by atoms with van der Waals surface area (Å²) < 4.78 is 10.4. The summed E-state index contributed by atoms with van der Waals surface area (Å²) in [6, 6.07) is 6.14. The zero-order chi connectivity index (χ0) is 14.4. The zero-order valence-corrected chi connectivity index (χ0v) is 12.4. The first-order chi connectivity index (χ1) is 8.97. The highest BCUT2D eigenvalue weighted by atomic mass is 16.6. The molecule has 0 N–H and O–H groups in total. The quantitative estimate of drug-likeness (QED) is 0.740. The average molecular weight is 265 g/mol. The van der Waals surface area contributed by atoms with Crippen LogP contribution in [-0.2, 0) is 22.5 Å². The van der Waals surface area contributed by atoms with E-state index in [4.69, 9.17) is 4.74 Å². The standard InChI is InChI=1S/C15H23NO3/c1-6-12-7-8-13(10-16(3)4)14(9-12)19-11(2)15(17)18-5/h7-9,11H,6,10H2,1-5H3. The van der Waals surface area contributed by atoms with Gasteiger partial charge in [0.2, 0.25) is 0 Å². The highest BCUT2D eigenvalue weighted by Crippen LogP contribution is 2.23. The molecule has 4 heteroatoms. The van der Waals surface area contributed by atoms with Crippen molar-refractivity contribution in [2.75, 3.05) is 21.2 Å². The fourth-order valence-electron chi connectivity index (χ4n) is 1.80. The van der Waals surface area contributed by atoms with Gasteiger partial charge < -0.3 is 14.4 Å². The van der Waals surface area contributed by atoms with Crippen molar-refractivity contribution in [2.24, 2.45) is 0 Å². The molecule has 19 heavy (non-hydrogen) atoms. The Morgan fingerprint density at radius 1 is 1.37 bits per heavy atom. The summed E-state index contributed by atoms with van der Waals surface area (Å²) >= 11 is 0. The molecule has 0 bridgehead atoms. The lowest BCUT2D eigenvalue weighted by molar-refractivity contribution is -0.147. The number of esters is 1. The minimum absolute atomic E-state index is 0.363. The predicted octanol–water partition coefficient (Wildman–Crippen LogP) is 2.25. The molecule has 1 unspecified atom stereocenters. The summed E-state index contributed by atoms with van der Waals surface area (Å²) in [4.78, 5) is 13.5. The molecule has 1 aromatic rings. The third kappa shape index (κ3) is 4.56. The van der Waals surface area contributed by atoms with E-state index in [1.807, 2.05) is 20.2 Å². The second-order valence-corrected chi connectivity index (χ2v) is 4.82. The van der Waals surface area contributed by atoms with Crippen LogP contribution in [0.1, 0.15) is 25.0 Å². The third-order valence-corrected chi connectivity index (χ3v) is 2.86. The Morgan fingerprint density at radius 3 is 2.58 bits per heavy atom. The van der Waals surface area contributed by atoms with Gasteiger partial charge in [-0.1, -0.05) is 19.1 Å². The maximum atomic E-state index is 11.4. The fraction of sp³-hybridized carbons (Fsp3) is 0.533. The van der Waals surface area contributed by atoms with Crippen LogP contribution in [0, 0.1) is 0 Å². The van der Waals surface area contributed by atoms with Gasteiger partial charge in [-0.05, 0) is 39.1 Å². The molecule has 0 fully saturated rings. The van der Waals surface area contributed by atoms with Gasteiger partial charge in [-0.15, -0.1) is 0 Å². The number of ether oxygens (including phenoxy) is 2. The lowest BCUT2D eigenvalue weighted by Crippen LogP contribution is -2.25. The lowest BCUT2D eigenvalue weighted by Gasteiger charge is -2.18. The molecule has 0 radical (unpaired) electrons. The molecule has 0 aliphatic heterocycles. The number of rotatable bonds is 6. The molecule has 106 valence electrons. The van der Waals surface area contributed by atoms with E-state index in [1.165, 1.54) is 12.7 Å². The number of carbonyl (C=O) groups excluding carboxylic acids is 1. The van der Waals surface area contributed by atoms with Crippen molar-refractivity contribution < 1.29 is 14.3 Å². The second kappa shape index (κ2) is 7.14. The van der Waals surface area contributed by atoms with Crippen molar-refractivity contribution in [3.05, 3.63) is 29.3 Å². The number of hydrogen-bond acceptors (Lipinski definition) is 4. The monoisotopic (exact) mass is 265 g/mol. The SMILES string of the molecule is CCc1ccc(CN(C)C)c(OC(C)C(=O)OC)c1. The molecule has 0 aromatic heterocycles. The second-order valence-electron chi connectivity index (χ2n) is 4.82. The molecule has 0 saturated carbocycles. The Labute approximate surface area is 115 Å². The fourth-order valence-corrected chi connectivity index (χ4v) is 1.80. The number of methoxy groups -OCH3 is 1. The van der Waals surface area contributed by atoms with E-state index >= 15 is 0 Å². The van der Waals surface area contributed by atoms with Gasteiger partial charge in [0.05, 0.1) is 7.11 Å². The molecule has 0 heterocycles. The van der Waals surface area contributed by atoms with Crippen molar-refractivity contribution in [3.63, 3.8) is 0 Å². The first kappa shape index (κ1) is 15.5. The predicted molar refractivity (Wildman–Crippen MR) is 75.3 cm³/mol. The summed E-state index contributed by atoms with van der Waals surface area (Å²) in [6.07, 6.45) is 0.337. The molecule has 0 amide bonds. The Hall–Kier alpha value is -1.55. The smallest absolute Gasteiger partial charge is 0.346 e. The normalized spacial score (nSPS) is 12.3. The van der Waals surface area contributed by atoms with Crippen LogP contribution < -0.4 is 4.74 Å².